The van der Waals surface area contributed by atoms with Crippen LogP contribution in [0.5, 0.6) is 0 Å². The Labute approximate surface area is 204 Å². The minimum absolute atomic E-state index is 0.206. The summed E-state index contributed by atoms with van der Waals surface area (Å²) in [5.41, 5.74) is 3.81. The van der Waals surface area contributed by atoms with Gasteiger partial charge in [-0.1, -0.05) is 50.6 Å². The molecule has 0 bridgehead atoms. The lowest BCUT2D eigenvalue weighted by Crippen LogP contribution is -2.24. The normalized spacial score (nSPS) is 21.1. The molecule has 3 unspecified atom stereocenters. The fraction of sp³-hybridized carbons (Fsp3) is 0.464. The van der Waals surface area contributed by atoms with Gasteiger partial charge in [0.15, 0.2) is 5.60 Å². The first-order chi connectivity index (χ1) is 16.3. The average molecular weight is 484 g/mol. The van der Waals surface area contributed by atoms with Gasteiger partial charge in [0.25, 0.3) is 0 Å². The third kappa shape index (κ3) is 4.50. The summed E-state index contributed by atoms with van der Waals surface area (Å²) >= 11 is 0. The van der Waals surface area contributed by atoms with Crippen LogP contribution in [0.25, 0.3) is 6.08 Å². The Kier molecular flexibility index (Phi) is 7.39. The molecule has 0 aliphatic heterocycles. The van der Waals surface area contributed by atoms with Gasteiger partial charge in [-0.3, -0.25) is 9.00 Å². The maximum atomic E-state index is 14.8. The Morgan fingerprint density at radius 3 is 2.59 bits per heavy atom. The van der Waals surface area contributed by atoms with Crippen LogP contribution in [0.1, 0.15) is 67.7 Å². The van der Waals surface area contributed by atoms with Crippen molar-refractivity contribution in [2.75, 3.05) is 25.9 Å². The van der Waals surface area contributed by atoms with Crippen LogP contribution in [-0.4, -0.2) is 41.0 Å². The molecule has 34 heavy (non-hydrogen) atoms. The van der Waals surface area contributed by atoms with Crippen molar-refractivity contribution in [3.63, 3.8) is 0 Å². The molecule has 0 radical (unpaired) electrons. The lowest BCUT2D eigenvalue weighted by atomic mass is 9.94. The fourth-order valence-corrected chi connectivity index (χ4v) is 5.95. The maximum absolute atomic E-state index is 14.8. The summed E-state index contributed by atoms with van der Waals surface area (Å²) in [6.07, 6.45) is 6.78. The Hall–Kier alpha value is -2.31. The molecule has 2 aliphatic rings. The van der Waals surface area contributed by atoms with Gasteiger partial charge in [0.2, 0.25) is 0 Å². The van der Waals surface area contributed by atoms with Gasteiger partial charge in [0.1, 0.15) is 5.82 Å². The largest absolute Gasteiger partial charge is 0.448 e. The molecule has 4 nitrogen and oxygen atoms in total. The Balaban J connectivity index is 1.50. The van der Waals surface area contributed by atoms with E-state index >= 15 is 0 Å². The van der Waals surface area contributed by atoms with E-state index in [1.165, 1.54) is 12.3 Å². The van der Waals surface area contributed by atoms with E-state index in [1.807, 2.05) is 31.2 Å². The first-order valence-electron chi connectivity index (χ1n) is 12.2. The van der Waals surface area contributed by atoms with Crippen molar-refractivity contribution in [1.29, 1.82) is 0 Å². The van der Waals surface area contributed by atoms with E-state index in [4.69, 9.17) is 4.74 Å². The highest BCUT2D eigenvalue weighted by Gasteiger charge is 2.68. The van der Waals surface area contributed by atoms with Crippen LogP contribution >= 0.6 is 0 Å². The minimum atomic E-state index is -1.40. The molecule has 4 rings (SSSR count). The molecule has 182 valence electrons. The zero-order valence-corrected chi connectivity index (χ0v) is 21.3. The van der Waals surface area contributed by atoms with Gasteiger partial charge in [-0.05, 0) is 73.8 Å². The molecule has 1 saturated carbocycles. The third-order valence-corrected chi connectivity index (χ3v) is 8.13. The van der Waals surface area contributed by atoms with E-state index in [9.17, 15) is 13.4 Å². The van der Waals surface area contributed by atoms with Crippen LogP contribution in [0, 0.1) is 12.7 Å². The monoisotopic (exact) mass is 483 g/mol. The van der Waals surface area contributed by atoms with Gasteiger partial charge in [0.05, 0.1) is 21.6 Å². The van der Waals surface area contributed by atoms with Gasteiger partial charge < -0.3 is 9.64 Å². The smallest absolute Gasteiger partial charge is 0.307 e. The predicted octanol–water partition coefficient (Wildman–Crippen LogP) is 5.71. The topological polar surface area (TPSA) is 46.6 Å². The third-order valence-electron chi connectivity index (χ3n) is 7.20. The summed E-state index contributed by atoms with van der Waals surface area (Å²) in [6.45, 7) is 9.38. The van der Waals surface area contributed by atoms with Crippen LogP contribution in [-0.2, 0) is 25.9 Å². The van der Waals surface area contributed by atoms with E-state index in [0.717, 1.165) is 66.7 Å². The number of hydrogen-bond donors (Lipinski definition) is 0. The predicted molar refractivity (Wildman–Crippen MR) is 135 cm³/mol. The number of unbranched alkanes of at least 4 members (excludes halogenated alkanes) is 2. The van der Waals surface area contributed by atoms with E-state index in [2.05, 4.69) is 24.8 Å². The highest BCUT2D eigenvalue weighted by molar-refractivity contribution is 7.84. The first kappa shape index (κ1) is 24.8. The minimum Gasteiger partial charge on any atom is -0.448 e. The standard InChI is InChI=1S/C28H34FNO3S/c1-5-30(6-2)15-11-7-8-14-26(31)33-28-22-13-10-9-12-20(22)17-23(28)27(28)21-18-24(29)25(34(4)32)16-19(21)3/h9-10,12-13,16-18,27H,5-8,11,14-15H2,1-4H3. The number of carbonyl (C=O) groups excluding carboxylic acids is 1. The SMILES string of the molecule is CCN(CC)CCCCCC(=O)OC12C(=Cc3ccccc31)C2c1cc(F)c(S(C)=O)cc1C. The van der Waals surface area contributed by atoms with Crippen molar-refractivity contribution < 1.29 is 18.1 Å². The van der Waals surface area contributed by atoms with Gasteiger partial charge in [-0.2, -0.15) is 0 Å². The van der Waals surface area contributed by atoms with Crippen LogP contribution < -0.4 is 0 Å². The summed E-state index contributed by atoms with van der Waals surface area (Å²) in [7, 11) is -1.40. The highest BCUT2D eigenvalue weighted by Crippen LogP contribution is 2.71. The number of ether oxygens (including phenoxy) is 1. The molecule has 0 aromatic heterocycles. The lowest BCUT2D eigenvalue weighted by Gasteiger charge is -2.20. The number of halogens is 1. The molecule has 0 heterocycles. The molecular formula is C28H34FNO3S. The number of aryl methyl sites for hydroxylation is 1. The van der Waals surface area contributed by atoms with Crippen molar-refractivity contribution in [2.45, 2.75) is 62.9 Å². The second-order valence-electron chi connectivity index (χ2n) is 9.26. The van der Waals surface area contributed by atoms with Crippen LogP contribution in [0.15, 0.2) is 46.9 Å². The number of rotatable bonds is 11. The van der Waals surface area contributed by atoms with Gasteiger partial charge >= 0.3 is 5.97 Å². The van der Waals surface area contributed by atoms with Crippen molar-refractivity contribution in [3.05, 3.63) is 70.0 Å². The second kappa shape index (κ2) is 10.1. The summed E-state index contributed by atoms with van der Waals surface area (Å²) in [5, 5.41) is 0. The van der Waals surface area contributed by atoms with E-state index in [1.54, 1.807) is 6.07 Å². The zero-order chi connectivity index (χ0) is 24.5. The van der Waals surface area contributed by atoms with Gasteiger partial charge in [0, 0.05) is 18.2 Å². The van der Waals surface area contributed by atoms with Crippen LogP contribution in [0.2, 0.25) is 0 Å². The molecule has 6 heteroatoms. The summed E-state index contributed by atoms with van der Waals surface area (Å²) in [4.78, 5) is 15.5. The first-order valence-corrected chi connectivity index (χ1v) is 13.8. The summed E-state index contributed by atoms with van der Waals surface area (Å²) in [5.74, 6) is -0.893. The molecule has 0 spiro atoms. The number of benzene rings is 2. The van der Waals surface area contributed by atoms with Crippen LogP contribution in [0.4, 0.5) is 4.39 Å². The van der Waals surface area contributed by atoms with E-state index in [0.29, 0.717) is 6.42 Å². The van der Waals surface area contributed by atoms with Crippen LogP contribution in [0.3, 0.4) is 0 Å². The van der Waals surface area contributed by atoms with Crippen molar-refractivity contribution in [1.82, 2.24) is 4.90 Å². The molecule has 2 aromatic rings. The number of esters is 1. The lowest BCUT2D eigenvalue weighted by molar-refractivity contribution is -0.151. The van der Waals surface area contributed by atoms with Crippen molar-refractivity contribution in [3.8, 4) is 0 Å². The quantitative estimate of drug-likeness (QED) is 0.304. The fourth-order valence-electron chi connectivity index (χ4n) is 5.27. The second-order valence-corrected chi connectivity index (χ2v) is 10.6. The maximum Gasteiger partial charge on any atom is 0.307 e. The Bertz CT molecular complexity index is 1140. The number of carbonyl (C=O) groups is 1. The Morgan fingerprint density at radius 2 is 1.88 bits per heavy atom. The molecule has 0 saturated heterocycles. The van der Waals surface area contributed by atoms with E-state index < -0.39 is 22.2 Å². The molecule has 2 aromatic carbocycles. The summed E-state index contributed by atoms with van der Waals surface area (Å²) in [6, 6.07) is 11.1. The van der Waals surface area contributed by atoms with E-state index in [-0.39, 0.29) is 16.8 Å². The highest BCUT2D eigenvalue weighted by atomic mass is 32.2. The number of hydrogen-bond acceptors (Lipinski definition) is 4. The molecule has 0 N–H and O–H groups in total. The van der Waals surface area contributed by atoms with Crippen molar-refractivity contribution >= 4 is 22.8 Å². The molecule has 3 atom stereocenters. The zero-order valence-electron chi connectivity index (χ0n) is 20.5. The molecule has 2 aliphatic carbocycles. The average Bonchev–Trinajstić information content (AvgIpc) is 3.30. The number of fused-ring (bicyclic) bond motifs is 3. The Morgan fingerprint density at radius 1 is 1.15 bits per heavy atom. The number of nitrogens with zero attached hydrogens (tertiary/aromatic N) is 1. The molecular weight excluding hydrogens is 449 g/mol. The molecule has 0 amide bonds. The van der Waals surface area contributed by atoms with Crippen molar-refractivity contribution in [2.24, 2.45) is 0 Å². The summed E-state index contributed by atoms with van der Waals surface area (Å²) < 4.78 is 32.9. The van der Waals surface area contributed by atoms with Gasteiger partial charge in [-0.15, -0.1) is 0 Å². The molecule has 1 fully saturated rings. The van der Waals surface area contributed by atoms with Gasteiger partial charge in [-0.25, -0.2) is 4.39 Å².